The Balaban J connectivity index is 0.00000338. The molecule has 1 aromatic heterocycles. The van der Waals surface area contributed by atoms with Crippen molar-refractivity contribution in [1.29, 1.82) is 0 Å². The van der Waals surface area contributed by atoms with E-state index in [0.29, 0.717) is 24.2 Å². The number of alkyl halides is 2. The third kappa shape index (κ3) is 8.13. The zero-order chi connectivity index (χ0) is 18.1. The van der Waals surface area contributed by atoms with Gasteiger partial charge in [0.15, 0.2) is 5.96 Å². The summed E-state index contributed by atoms with van der Waals surface area (Å²) >= 11 is 5.75. The fourth-order valence-electron chi connectivity index (χ4n) is 2.12. The molecule has 0 unspecified atom stereocenters. The number of halogens is 4. The minimum Gasteiger partial charge on any atom is -0.435 e. The molecule has 2 rings (SSSR count). The van der Waals surface area contributed by atoms with Gasteiger partial charge in [-0.25, -0.2) is 4.98 Å². The number of nitrogens with zero attached hydrogens (tertiary/aromatic N) is 2. The van der Waals surface area contributed by atoms with Crippen LogP contribution >= 0.6 is 35.6 Å². The SMILES string of the molecule is CN=C(NCCc1ccc(Cl)nc1)NCc1cccc(OC(F)F)c1.I. The van der Waals surface area contributed by atoms with Gasteiger partial charge < -0.3 is 15.4 Å². The van der Waals surface area contributed by atoms with E-state index < -0.39 is 6.61 Å². The molecule has 0 aliphatic rings. The average Bonchev–Trinajstić information content (AvgIpc) is 2.59. The Morgan fingerprint density at radius 3 is 2.69 bits per heavy atom. The lowest BCUT2D eigenvalue weighted by Gasteiger charge is -2.12. The summed E-state index contributed by atoms with van der Waals surface area (Å²) in [7, 11) is 1.66. The van der Waals surface area contributed by atoms with Crippen LogP contribution in [0.4, 0.5) is 8.78 Å². The fourth-order valence-corrected chi connectivity index (χ4v) is 2.23. The number of aliphatic imine (C=N–C) groups is 1. The summed E-state index contributed by atoms with van der Waals surface area (Å²) in [5, 5.41) is 6.76. The van der Waals surface area contributed by atoms with Gasteiger partial charge in [-0.05, 0) is 35.7 Å². The molecule has 0 bridgehead atoms. The zero-order valence-electron chi connectivity index (χ0n) is 14.1. The Morgan fingerprint density at radius 2 is 2.04 bits per heavy atom. The van der Waals surface area contributed by atoms with Crippen LogP contribution in [0.2, 0.25) is 5.15 Å². The maximum absolute atomic E-state index is 12.2. The van der Waals surface area contributed by atoms with Gasteiger partial charge >= 0.3 is 6.61 Å². The normalized spacial score (nSPS) is 11.0. The molecule has 1 heterocycles. The predicted molar refractivity (Wildman–Crippen MR) is 110 cm³/mol. The molecule has 0 radical (unpaired) electrons. The molecular formula is C17H20ClF2IN4O. The van der Waals surface area contributed by atoms with Crippen molar-refractivity contribution in [3.63, 3.8) is 0 Å². The molecule has 1 aromatic carbocycles. The highest BCUT2D eigenvalue weighted by molar-refractivity contribution is 14.0. The second-order valence-corrected chi connectivity index (χ2v) is 5.50. The van der Waals surface area contributed by atoms with Crippen LogP contribution < -0.4 is 15.4 Å². The second kappa shape index (κ2) is 11.8. The Hall–Kier alpha value is -1.68. The van der Waals surface area contributed by atoms with Crippen molar-refractivity contribution < 1.29 is 13.5 Å². The van der Waals surface area contributed by atoms with E-state index in [1.807, 2.05) is 12.1 Å². The summed E-state index contributed by atoms with van der Waals surface area (Å²) in [6.45, 7) is -1.74. The van der Waals surface area contributed by atoms with E-state index in [0.717, 1.165) is 17.5 Å². The van der Waals surface area contributed by atoms with E-state index in [1.165, 1.54) is 6.07 Å². The van der Waals surface area contributed by atoms with Crippen molar-refractivity contribution in [3.8, 4) is 5.75 Å². The number of ether oxygens (including phenoxy) is 1. The van der Waals surface area contributed by atoms with Gasteiger partial charge in [-0.1, -0.05) is 29.8 Å². The van der Waals surface area contributed by atoms with Crippen molar-refractivity contribution in [3.05, 3.63) is 58.9 Å². The third-order valence-corrected chi connectivity index (χ3v) is 3.53. The van der Waals surface area contributed by atoms with E-state index in [1.54, 1.807) is 31.4 Å². The lowest BCUT2D eigenvalue weighted by Crippen LogP contribution is -2.37. The van der Waals surface area contributed by atoms with Crippen molar-refractivity contribution in [2.45, 2.75) is 19.6 Å². The number of benzene rings is 1. The molecule has 0 aliphatic heterocycles. The molecule has 0 fully saturated rings. The summed E-state index contributed by atoms with van der Waals surface area (Å²) in [6.07, 6.45) is 2.50. The highest BCUT2D eigenvalue weighted by Gasteiger charge is 2.05. The molecular weight excluding hydrogens is 477 g/mol. The van der Waals surface area contributed by atoms with Gasteiger partial charge in [-0.3, -0.25) is 4.99 Å². The van der Waals surface area contributed by atoms with Gasteiger partial charge in [0.25, 0.3) is 0 Å². The number of guanidine groups is 1. The minimum absolute atomic E-state index is 0. The van der Waals surface area contributed by atoms with Gasteiger partial charge in [-0.15, -0.1) is 24.0 Å². The largest absolute Gasteiger partial charge is 0.435 e. The Labute approximate surface area is 173 Å². The van der Waals surface area contributed by atoms with Gasteiger partial charge in [0, 0.05) is 26.3 Å². The predicted octanol–water partition coefficient (Wildman–Crippen LogP) is 3.86. The van der Waals surface area contributed by atoms with Crippen LogP contribution in [-0.4, -0.2) is 31.1 Å². The number of aromatic nitrogens is 1. The van der Waals surface area contributed by atoms with E-state index in [-0.39, 0.29) is 29.7 Å². The third-order valence-electron chi connectivity index (χ3n) is 3.30. The second-order valence-electron chi connectivity index (χ2n) is 5.12. The number of pyridine rings is 1. The summed E-state index contributed by atoms with van der Waals surface area (Å²) in [5.41, 5.74) is 1.87. The molecule has 9 heteroatoms. The monoisotopic (exact) mass is 496 g/mol. The van der Waals surface area contributed by atoms with Gasteiger partial charge in [0.1, 0.15) is 10.9 Å². The first kappa shape index (κ1) is 22.4. The zero-order valence-corrected chi connectivity index (χ0v) is 17.2. The Bertz CT molecular complexity index is 701. The van der Waals surface area contributed by atoms with E-state index in [4.69, 9.17) is 11.6 Å². The summed E-state index contributed by atoms with van der Waals surface area (Å²) in [5.74, 6) is 0.745. The molecule has 142 valence electrons. The van der Waals surface area contributed by atoms with Crippen LogP contribution in [-0.2, 0) is 13.0 Å². The highest BCUT2D eigenvalue weighted by Crippen LogP contribution is 2.15. The minimum atomic E-state index is -2.83. The smallest absolute Gasteiger partial charge is 0.387 e. The standard InChI is InChI=1S/C17H19ClF2N4O.HI/c1-21-17(22-8-7-12-5-6-15(18)23-10-12)24-11-13-3-2-4-14(9-13)25-16(19)20;/h2-6,9-10,16H,7-8,11H2,1H3,(H2,21,22,24);1H. The highest BCUT2D eigenvalue weighted by atomic mass is 127. The van der Waals surface area contributed by atoms with Gasteiger partial charge in [0.05, 0.1) is 0 Å². The summed E-state index contributed by atoms with van der Waals surface area (Å²) < 4.78 is 28.9. The van der Waals surface area contributed by atoms with Crippen molar-refractivity contribution in [2.24, 2.45) is 4.99 Å². The molecule has 0 aliphatic carbocycles. The average molecular weight is 497 g/mol. The molecule has 2 N–H and O–H groups in total. The topological polar surface area (TPSA) is 58.5 Å². The molecule has 2 aromatic rings. The lowest BCUT2D eigenvalue weighted by molar-refractivity contribution is -0.0498. The first-order chi connectivity index (χ1) is 12.1. The fraction of sp³-hybridized carbons (Fsp3) is 0.294. The molecule has 0 saturated carbocycles. The van der Waals surface area contributed by atoms with Crippen LogP contribution in [0.25, 0.3) is 0 Å². The maximum Gasteiger partial charge on any atom is 0.387 e. The molecule has 0 atom stereocenters. The van der Waals surface area contributed by atoms with E-state index in [9.17, 15) is 8.78 Å². The van der Waals surface area contributed by atoms with Crippen LogP contribution in [0.1, 0.15) is 11.1 Å². The molecule has 26 heavy (non-hydrogen) atoms. The Morgan fingerprint density at radius 1 is 1.23 bits per heavy atom. The first-order valence-corrected chi connectivity index (χ1v) is 8.03. The van der Waals surface area contributed by atoms with Crippen molar-refractivity contribution in [1.82, 2.24) is 15.6 Å². The molecule has 0 saturated heterocycles. The van der Waals surface area contributed by atoms with Crippen LogP contribution in [0.3, 0.4) is 0 Å². The Kier molecular flexibility index (Phi) is 10.2. The van der Waals surface area contributed by atoms with Crippen LogP contribution in [0.15, 0.2) is 47.6 Å². The van der Waals surface area contributed by atoms with Gasteiger partial charge in [0.2, 0.25) is 0 Å². The summed E-state index contributed by atoms with van der Waals surface area (Å²) in [4.78, 5) is 8.15. The van der Waals surface area contributed by atoms with Crippen molar-refractivity contribution >= 4 is 41.5 Å². The van der Waals surface area contributed by atoms with Crippen molar-refractivity contribution in [2.75, 3.05) is 13.6 Å². The number of nitrogens with one attached hydrogen (secondary N) is 2. The maximum atomic E-state index is 12.2. The summed E-state index contributed by atoms with van der Waals surface area (Å²) in [6, 6.07) is 10.2. The number of hydrogen-bond acceptors (Lipinski definition) is 3. The van der Waals surface area contributed by atoms with E-state index in [2.05, 4.69) is 25.3 Å². The molecule has 0 amide bonds. The molecule has 5 nitrogen and oxygen atoms in total. The van der Waals surface area contributed by atoms with Crippen LogP contribution in [0, 0.1) is 0 Å². The molecule has 0 spiro atoms. The number of hydrogen-bond donors (Lipinski definition) is 2. The van der Waals surface area contributed by atoms with Crippen LogP contribution in [0.5, 0.6) is 5.75 Å². The number of rotatable bonds is 7. The van der Waals surface area contributed by atoms with Gasteiger partial charge in [-0.2, -0.15) is 8.78 Å². The quantitative estimate of drug-likeness (QED) is 0.265. The lowest BCUT2D eigenvalue weighted by atomic mass is 10.2. The van der Waals surface area contributed by atoms with E-state index >= 15 is 0 Å². The first-order valence-electron chi connectivity index (χ1n) is 7.65.